The predicted octanol–water partition coefficient (Wildman–Crippen LogP) is 5.92. The molecule has 2 amide bonds. The number of ether oxygens (including phenoxy) is 2. The number of anilines is 2. The molecule has 3 aromatic carbocycles. The number of carbonyl (C=O) groups is 2. The lowest BCUT2D eigenvalue weighted by Crippen LogP contribution is -2.21. The molecule has 3 rings (SSSR count). The Morgan fingerprint density at radius 2 is 1.81 bits per heavy atom. The summed E-state index contributed by atoms with van der Waals surface area (Å²) in [7, 11) is 0. The van der Waals surface area contributed by atoms with Gasteiger partial charge in [0.05, 0.1) is 11.6 Å². The van der Waals surface area contributed by atoms with Gasteiger partial charge in [-0.2, -0.15) is 5.26 Å². The largest absolute Gasteiger partial charge is 0.490 e. The van der Waals surface area contributed by atoms with Gasteiger partial charge >= 0.3 is 0 Å². The third kappa shape index (κ3) is 7.11. The van der Waals surface area contributed by atoms with E-state index in [-0.39, 0.29) is 34.6 Å². The van der Waals surface area contributed by atoms with E-state index in [1.54, 1.807) is 31.2 Å². The first-order valence-corrected chi connectivity index (χ1v) is 11.6. The smallest absolute Gasteiger partial charge is 0.266 e. The number of carbonyl (C=O) groups excluding carboxylic acids is 2. The summed E-state index contributed by atoms with van der Waals surface area (Å²) >= 11 is 6.44. The van der Waals surface area contributed by atoms with Crippen LogP contribution in [-0.4, -0.2) is 25.0 Å². The van der Waals surface area contributed by atoms with Gasteiger partial charge in [0.25, 0.3) is 11.8 Å². The third-order valence-electron chi connectivity index (χ3n) is 5.05. The van der Waals surface area contributed by atoms with Crippen LogP contribution in [0.2, 0.25) is 5.02 Å². The number of amides is 2. The molecule has 8 heteroatoms. The second-order valence-electron chi connectivity index (χ2n) is 7.91. The van der Waals surface area contributed by atoms with Gasteiger partial charge in [0.1, 0.15) is 11.6 Å². The zero-order valence-electron chi connectivity index (χ0n) is 20.2. The number of halogens is 1. The van der Waals surface area contributed by atoms with Crippen molar-refractivity contribution in [1.29, 1.82) is 5.26 Å². The van der Waals surface area contributed by atoms with Crippen molar-refractivity contribution < 1.29 is 19.1 Å². The van der Waals surface area contributed by atoms with Crippen molar-refractivity contribution in [2.24, 2.45) is 0 Å². The van der Waals surface area contributed by atoms with Crippen LogP contribution in [0.15, 0.2) is 66.2 Å². The topological polar surface area (TPSA) is 100 Å². The molecular weight excluding hydrogens is 478 g/mol. The van der Waals surface area contributed by atoms with E-state index in [2.05, 4.69) is 10.6 Å². The van der Waals surface area contributed by atoms with Crippen molar-refractivity contribution in [3.05, 3.63) is 87.9 Å². The molecule has 0 aromatic heterocycles. The fraction of sp³-hybridized carbons (Fsp3) is 0.179. The number of nitrogens with zero attached hydrogens (tertiary/aromatic N) is 1. The number of hydrogen-bond acceptors (Lipinski definition) is 5. The lowest BCUT2D eigenvalue weighted by atomic mass is 10.1. The molecule has 0 bridgehead atoms. The van der Waals surface area contributed by atoms with Gasteiger partial charge in [-0.25, -0.2) is 0 Å². The van der Waals surface area contributed by atoms with Crippen LogP contribution in [-0.2, 0) is 9.59 Å². The fourth-order valence-electron chi connectivity index (χ4n) is 3.35. The van der Waals surface area contributed by atoms with E-state index in [1.165, 1.54) is 12.1 Å². The van der Waals surface area contributed by atoms with E-state index in [0.717, 1.165) is 11.1 Å². The van der Waals surface area contributed by atoms with Crippen molar-refractivity contribution in [2.45, 2.75) is 20.8 Å². The Morgan fingerprint density at radius 1 is 1.03 bits per heavy atom. The Balaban J connectivity index is 1.78. The standard InChI is InChI=1S/C28H26ClN3O4/c1-4-35-25-15-20(13-21(16-30)28(34)31-22-10-7-8-18(2)12-22)14-23(29)27(25)36-17-26(33)32-24-11-6-5-9-19(24)3/h5-15H,4,17H2,1-3H3,(H,31,34)(H,32,33)/b21-13+. The summed E-state index contributed by atoms with van der Waals surface area (Å²) in [4.78, 5) is 25.0. The molecule has 0 unspecified atom stereocenters. The number of aryl methyl sites for hydroxylation is 2. The summed E-state index contributed by atoms with van der Waals surface area (Å²) in [6, 6.07) is 19.7. The van der Waals surface area contributed by atoms with Crippen molar-refractivity contribution in [3.63, 3.8) is 0 Å². The zero-order valence-corrected chi connectivity index (χ0v) is 21.0. The maximum Gasteiger partial charge on any atom is 0.266 e. The normalized spacial score (nSPS) is 10.8. The second-order valence-corrected chi connectivity index (χ2v) is 8.32. The molecule has 36 heavy (non-hydrogen) atoms. The number of rotatable bonds is 9. The average molecular weight is 504 g/mol. The first kappa shape index (κ1) is 26.3. The SMILES string of the molecule is CCOc1cc(/C=C(\C#N)C(=O)Nc2cccc(C)c2)cc(Cl)c1OCC(=O)Nc1ccccc1C. The highest BCUT2D eigenvalue weighted by Gasteiger charge is 2.16. The van der Waals surface area contributed by atoms with E-state index >= 15 is 0 Å². The quantitative estimate of drug-likeness (QED) is 0.279. The highest BCUT2D eigenvalue weighted by atomic mass is 35.5. The summed E-state index contributed by atoms with van der Waals surface area (Å²) < 4.78 is 11.3. The van der Waals surface area contributed by atoms with Gasteiger partial charge in [-0.3, -0.25) is 9.59 Å². The Kier molecular flexibility index (Phi) is 9.09. The molecule has 0 spiro atoms. The minimum Gasteiger partial charge on any atom is -0.490 e. The van der Waals surface area contributed by atoms with Crippen LogP contribution in [0.5, 0.6) is 11.5 Å². The van der Waals surface area contributed by atoms with Crippen molar-refractivity contribution in [1.82, 2.24) is 0 Å². The molecular formula is C28H26ClN3O4. The molecule has 0 saturated carbocycles. The first-order chi connectivity index (χ1) is 17.3. The number of para-hydroxylation sites is 1. The molecule has 3 aromatic rings. The predicted molar refractivity (Wildman–Crippen MR) is 141 cm³/mol. The van der Waals surface area contributed by atoms with Crippen LogP contribution < -0.4 is 20.1 Å². The highest BCUT2D eigenvalue weighted by molar-refractivity contribution is 6.32. The Labute approximate surface area is 215 Å². The molecule has 0 heterocycles. The second kappa shape index (κ2) is 12.4. The minimum atomic E-state index is -0.551. The van der Waals surface area contributed by atoms with Crippen LogP contribution in [0.1, 0.15) is 23.6 Å². The molecule has 7 nitrogen and oxygen atoms in total. The summed E-state index contributed by atoms with van der Waals surface area (Å²) in [6.45, 7) is 5.62. The fourth-order valence-corrected chi connectivity index (χ4v) is 3.62. The van der Waals surface area contributed by atoms with E-state index in [0.29, 0.717) is 23.5 Å². The van der Waals surface area contributed by atoms with Crippen LogP contribution in [0, 0.1) is 25.2 Å². The van der Waals surface area contributed by atoms with Crippen LogP contribution in [0.3, 0.4) is 0 Å². The van der Waals surface area contributed by atoms with Gasteiger partial charge in [0.2, 0.25) is 0 Å². The van der Waals surface area contributed by atoms with Gasteiger partial charge in [0, 0.05) is 11.4 Å². The molecule has 2 N–H and O–H groups in total. The van der Waals surface area contributed by atoms with Crippen LogP contribution in [0.25, 0.3) is 6.08 Å². The van der Waals surface area contributed by atoms with Gasteiger partial charge in [-0.15, -0.1) is 0 Å². The molecule has 0 aliphatic heterocycles. The molecule has 184 valence electrons. The average Bonchev–Trinajstić information content (AvgIpc) is 2.83. The third-order valence-corrected chi connectivity index (χ3v) is 5.33. The maximum atomic E-state index is 12.6. The molecule has 0 radical (unpaired) electrons. The van der Waals surface area contributed by atoms with Crippen molar-refractivity contribution in [2.75, 3.05) is 23.8 Å². The zero-order chi connectivity index (χ0) is 26.1. The van der Waals surface area contributed by atoms with Crippen molar-refractivity contribution >= 4 is 40.9 Å². The summed E-state index contributed by atoms with van der Waals surface area (Å²) in [5.41, 5.74) is 3.54. The summed E-state index contributed by atoms with van der Waals surface area (Å²) in [5, 5.41) is 15.2. The summed E-state index contributed by atoms with van der Waals surface area (Å²) in [5.74, 6) is -0.425. The Hall–Kier alpha value is -4.28. The van der Waals surface area contributed by atoms with Crippen LogP contribution >= 0.6 is 11.6 Å². The number of nitriles is 1. The number of nitrogens with one attached hydrogen (secondary N) is 2. The van der Waals surface area contributed by atoms with Gasteiger partial charge in [-0.1, -0.05) is 41.9 Å². The number of hydrogen-bond donors (Lipinski definition) is 2. The molecule has 0 saturated heterocycles. The van der Waals surface area contributed by atoms with E-state index in [4.69, 9.17) is 21.1 Å². The summed E-state index contributed by atoms with van der Waals surface area (Å²) in [6.07, 6.45) is 1.41. The molecule has 0 fully saturated rings. The maximum absolute atomic E-state index is 12.6. The number of benzene rings is 3. The molecule has 0 aliphatic rings. The van der Waals surface area contributed by atoms with Crippen LogP contribution in [0.4, 0.5) is 11.4 Å². The lowest BCUT2D eigenvalue weighted by Gasteiger charge is -2.15. The Morgan fingerprint density at radius 3 is 2.50 bits per heavy atom. The molecule has 0 atom stereocenters. The van der Waals surface area contributed by atoms with Gasteiger partial charge in [-0.05, 0) is 73.9 Å². The van der Waals surface area contributed by atoms with E-state index < -0.39 is 5.91 Å². The minimum absolute atomic E-state index is 0.110. The lowest BCUT2D eigenvalue weighted by molar-refractivity contribution is -0.118. The monoisotopic (exact) mass is 503 g/mol. The highest BCUT2D eigenvalue weighted by Crippen LogP contribution is 2.37. The first-order valence-electron chi connectivity index (χ1n) is 11.2. The van der Waals surface area contributed by atoms with Gasteiger partial charge < -0.3 is 20.1 Å². The van der Waals surface area contributed by atoms with Gasteiger partial charge in [0.15, 0.2) is 18.1 Å². The van der Waals surface area contributed by atoms with E-state index in [1.807, 2.05) is 50.2 Å². The van der Waals surface area contributed by atoms with Crippen molar-refractivity contribution in [3.8, 4) is 17.6 Å². The van der Waals surface area contributed by atoms with E-state index in [9.17, 15) is 14.9 Å². The molecule has 0 aliphatic carbocycles. The Bertz CT molecular complexity index is 1340.